The minimum absolute atomic E-state index is 0.0330. The Morgan fingerprint density at radius 2 is 2.24 bits per heavy atom. The van der Waals surface area contributed by atoms with Gasteiger partial charge in [0, 0.05) is 13.0 Å². The van der Waals surface area contributed by atoms with Crippen molar-refractivity contribution in [3.05, 3.63) is 0 Å². The topological polar surface area (TPSA) is 101 Å². The first kappa shape index (κ1) is 13.5. The Morgan fingerprint density at radius 1 is 1.59 bits per heavy atom. The molecule has 0 saturated carbocycles. The number of unbranched alkanes of at least 4 members (excludes halogenated alkanes) is 1. The Hall–Kier alpha value is -1.59. The fourth-order valence-corrected chi connectivity index (χ4v) is 2.03. The van der Waals surface area contributed by atoms with Gasteiger partial charge in [-0.15, -0.1) is 0 Å². The van der Waals surface area contributed by atoms with Gasteiger partial charge in [-0.25, -0.2) is 4.79 Å². The molecule has 1 saturated heterocycles. The van der Waals surface area contributed by atoms with E-state index < -0.39 is 23.8 Å². The van der Waals surface area contributed by atoms with E-state index in [0.29, 0.717) is 6.42 Å². The molecule has 0 aliphatic carbocycles. The van der Waals surface area contributed by atoms with Gasteiger partial charge in [0.1, 0.15) is 6.04 Å². The van der Waals surface area contributed by atoms with E-state index in [1.807, 2.05) is 6.92 Å². The normalized spacial score (nSPS) is 21.6. The van der Waals surface area contributed by atoms with E-state index >= 15 is 0 Å². The van der Waals surface area contributed by atoms with Crippen molar-refractivity contribution in [2.24, 2.45) is 11.7 Å². The maximum atomic E-state index is 11.7. The summed E-state index contributed by atoms with van der Waals surface area (Å²) in [7, 11) is 0. The lowest BCUT2D eigenvalue weighted by Gasteiger charge is -2.24. The van der Waals surface area contributed by atoms with E-state index in [2.05, 4.69) is 0 Å². The van der Waals surface area contributed by atoms with Gasteiger partial charge in [0.25, 0.3) is 0 Å². The van der Waals surface area contributed by atoms with Crippen molar-refractivity contribution in [1.29, 1.82) is 0 Å². The lowest BCUT2D eigenvalue weighted by atomic mass is 10.1. The lowest BCUT2D eigenvalue weighted by molar-refractivity contribution is -0.148. The van der Waals surface area contributed by atoms with Gasteiger partial charge in [0.05, 0.1) is 5.92 Å². The molecule has 1 unspecified atom stereocenters. The molecule has 0 aromatic carbocycles. The van der Waals surface area contributed by atoms with Crippen molar-refractivity contribution in [2.45, 2.75) is 38.6 Å². The molecule has 0 radical (unpaired) electrons. The Bertz CT molecular complexity index is 329. The molecule has 1 fully saturated rings. The van der Waals surface area contributed by atoms with E-state index in [1.54, 1.807) is 0 Å². The van der Waals surface area contributed by atoms with Crippen LogP contribution >= 0.6 is 0 Å². The van der Waals surface area contributed by atoms with E-state index in [4.69, 9.17) is 10.8 Å². The zero-order chi connectivity index (χ0) is 13.0. The quantitative estimate of drug-likeness (QED) is 0.682. The van der Waals surface area contributed by atoms with Gasteiger partial charge in [0.15, 0.2) is 0 Å². The van der Waals surface area contributed by atoms with E-state index in [-0.39, 0.29) is 18.9 Å². The summed E-state index contributed by atoms with van der Waals surface area (Å²) in [5, 5.41) is 9.09. The SMILES string of the molecule is CCCC[C@@H](C(=O)O)N1CC(C(N)=O)CC1=O. The molecule has 1 aliphatic heterocycles. The fraction of sp³-hybridized carbons (Fsp3) is 0.727. The number of hydrogen-bond donors (Lipinski definition) is 2. The number of hydrogen-bond acceptors (Lipinski definition) is 3. The predicted molar refractivity (Wildman–Crippen MR) is 60.0 cm³/mol. The van der Waals surface area contributed by atoms with Crippen molar-refractivity contribution >= 4 is 17.8 Å². The van der Waals surface area contributed by atoms with Crippen molar-refractivity contribution < 1.29 is 19.5 Å². The molecule has 3 N–H and O–H groups in total. The summed E-state index contributed by atoms with van der Waals surface area (Å²) in [6, 6.07) is -0.827. The third-order valence-electron chi connectivity index (χ3n) is 3.05. The number of rotatable bonds is 6. The summed E-state index contributed by atoms with van der Waals surface area (Å²) in [6.45, 7) is 2.09. The van der Waals surface area contributed by atoms with Crippen LogP contribution in [0.15, 0.2) is 0 Å². The largest absolute Gasteiger partial charge is 0.480 e. The van der Waals surface area contributed by atoms with E-state index in [9.17, 15) is 14.4 Å². The zero-order valence-corrected chi connectivity index (χ0v) is 9.89. The van der Waals surface area contributed by atoms with Gasteiger partial charge in [0.2, 0.25) is 11.8 Å². The summed E-state index contributed by atoms with van der Waals surface area (Å²) in [6.07, 6.45) is 2.06. The Balaban J connectivity index is 2.71. The summed E-state index contributed by atoms with van der Waals surface area (Å²) in [4.78, 5) is 35.0. The van der Waals surface area contributed by atoms with Crippen LogP contribution in [0.25, 0.3) is 0 Å². The molecule has 6 heteroatoms. The first-order chi connectivity index (χ1) is 7.97. The third-order valence-corrected chi connectivity index (χ3v) is 3.05. The van der Waals surface area contributed by atoms with E-state index in [0.717, 1.165) is 12.8 Å². The van der Waals surface area contributed by atoms with Crippen LogP contribution in [0.3, 0.4) is 0 Å². The fourth-order valence-electron chi connectivity index (χ4n) is 2.03. The number of carbonyl (C=O) groups is 3. The lowest BCUT2D eigenvalue weighted by Crippen LogP contribution is -2.42. The molecule has 0 spiro atoms. The molecule has 2 amide bonds. The van der Waals surface area contributed by atoms with Crippen LogP contribution in [0.5, 0.6) is 0 Å². The van der Waals surface area contributed by atoms with Gasteiger partial charge < -0.3 is 15.7 Å². The van der Waals surface area contributed by atoms with Crippen LogP contribution in [-0.4, -0.2) is 40.4 Å². The number of aliphatic carboxylic acids is 1. The molecular formula is C11H18N2O4. The second kappa shape index (κ2) is 5.65. The molecule has 1 heterocycles. The summed E-state index contributed by atoms with van der Waals surface area (Å²) < 4.78 is 0. The summed E-state index contributed by atoms with van der Waals surface area (Å²) in [5.74, 6) is -2.40. The summed E-state index contributed by atoms with van der Waals surface area (Å²) in [5.41, 5.74) is 5.13. The Labute approximate surface area is 99.8 Å². The number of carboxylic acids is 1. The van der Waals surface area contributed by atoms with Crippen molar-refractivity contribution in [1.82, 2.24) is 4.90 Å². The molecule has 0 aromatic rings. The monoisotopic (exact) mass is 242 g/mol. The molecule has 6 nitrogen and oxygen atoms in total. The Morgan fingerprint density at radius 3 is 2.65 bits per heavy atom. The van der Waals surface area contributed by atoms with Crippen LogP contribution in [0.2, 0.25) is 0 Å². The molecule has 1 rings (SSSR count). The summed E-state index contributed by atoms with van der Waals surface area (Å²) >= 11 is 0. The van der Waals surface area contributed by atoms with Crippen molar-refractivity contribution in [3.63, 3.8) is 0 Å². The molecular weight excluding hydrogens is 224 g/mol. The molecule has 96 valence electrons. The smallest absolute Gasteiger partial charge is 0.326 e. The standard InChI is InChI=1S/C11H18N2O4/c1-2-3-4-8(11(16)17)13-6-7(10(12)15)5-9(13)14/h7-8H,2-6H2,1H3,(H2,12,15)(H,16,17)/t7?,8-/m0/s1. The van der Waals surface area contributed by atoms with Gasteiger partial charge >= 0.3 is 5.97 Å². The first-order valence-electron chi connectivity index (χ1n) is 5.79. The number of nitrogens with zero attached hydrogens (tertiary/aromatic N) is 1. The minimum Gasteiger partial charge on any atom is -0.480 e. The van der Waals surface area contributed by atoms with Crippen LogP contribution in [-0.2, 0) is 14.4 Å². The average molecular weight is 242 g/mol. The molecule has 1 aliphatic rings. The van der Waals surface area contributed by atoms with Crippen LogP contribution in [0.1, 0.15) is 32.6 Å². The number of primary amides is 1. The number of carbonyl (C=O) groups excluding carboxylic acids is 2. The molecule has 17 heavy (non-hydrogen) atoms. The second-order valence-electron chi connectivity index (χ2n) is 4.35. The molecule has 0 aromatic heterocycles. The van der Waals surface area contributed by atoms with Gasteiger partial charge in [-0.1, -0.05) is 19.8 Å². The second-order valence-corrected chi connectivity index (χ2v) is 4.35. The highest BCUT2D eigenvalue weighted by molar-refractivity contribution is 5.91. The van der Waals surface area contributed by atoms with Crippen LogP contribution in [0.4, 0.5) is 0 Å². The van der Waals surface area contributed by atoms with E-state index in [1.165, 1.54) is 4.90 Å². The number of amides is 2. The number of likely N-dealkylation sites (tertiary alicyclic amines) is 1. The number of carboxylic acid groups (broad SMARTS) is 1. The highest BCUT2D eigenvalue weighted by Crippen LogP contribution is 2.22. The first-order valence-corrected chi connectivity index (χ1v) is 5.79. The maximum Gasteiger partial charge on any atom is 0.326 e. The van der Waals surface area contributed by atoms with Gasteiger partial charge in [-0.05, 0) is 6.42 Å². The maximum absolute atomic E-state index is 11.7. The predicted octanol–water partition coefficient (Wildman–Crippen LogP) is -0.0364. The highest BCUT2D eigenvalue weighted by Gasteiger charge is 2.39. The third kappa shape index (κ3) is 3.18. The van der Waals surface area contributed by atoms with Crippen molar-refractivity contribution in [3.8, 4) is 0 Å². The highest BCUT2D eigenvalue weighted by atomic mass is 16.4. The molecule has 0 bridgehead atoms. The van der Waals surface area contributed by atoms with Crippen molar-refractivity contribution in [2.75, 3.05) is 6.54 Å². The average Bonchev–Trinajstić information content (AvgIpc) is 2.61. The number of nitrogens with two attached hydrogens (primary N) is 1. The van der Waals surface area contributed by atoms with Gasteiger partial charge in [-0.3, -0.25) is 9.59 Å². The van der Waals surface area contributed by atoms with Crippen LogP contribution in [0, 0.1) is 5.92 Å². The van der Waals surface area contributed by atoms with Crippen LogP contribution < -0.4 is 5.73 Å². The zero-order valence-electron chi connectivity index (χ0n) is 9.89. The minimum atomic E-state index is -1.02. The molecule has 2 atom stereocenters. The van der Waals surface area contributed by atoms with Gasteiger partial charge in [-0.2, -0.15) is 0 Å². The Kier molecular flexibility index (Phi) is 4.48.